The lowest BCUT2D eigenvalue weighted by Gasteiger charge is -2.34. The molecule has 3 rings (SSSR count). The highest BCUT2D eigenvalue weighted by Gasteiger charge is 2.23. The SMILES string of the molecule is C(#CC1=CCCCC1)CN1CCCC[C@H]1c1cccnc1. The molecule has 1 atom stereocenters. The normalized spacial score (nSPS) is 23.0. The third-order valence-electron chi connectivity index (χ3n) is 4.50. The largest absolute Gasteiger partial charge is 0.285 e. The van der Waals surface area contributed by atoms with Crippen molar-refractivity contribution in [2.45, 2.75) is 51.0 Å². The van der Waals surface area contributed by atoms with Crippen molar-refractivity contribution in [2.75, 3.05) is 13.1 Å². The molecule has 0 N–H and O–H groups in total. The maximum Gasteiger partial charge on any atom is 0.0610 e. The number of piperidine rings is 1. The molecular weight excluding hydrogens is 256 g/mol. The second-order valence-corrected chi connectivity index (χ2v) is 6.05. The Morgan fingerprint density at radius 1 is 1.24 bits per heavy atom. The molecule has 1 aromatic heterocycles. The molecular formula is C19H24N2. The van der Waals surface area contributed by atoms with Gasteiger partial charge in [-0.25, -0.2) is 0 Å². The van der Waals surface area contributed by atoms with Crippen LogP contribution in [0.2, 0.25) is 0 Å². The highest BCUT2D eigenvalue weighted by atomic mass is 15.2. The van der Waals surface area contributed by atoms with Crippen LogP contribution in [0.3, 0.4) is 0 Å². The lowest BCUT2D eigenvalue weighted by molar-refractivity contribution is 0.169. The van der Waals surface area contributed by atoms with Gasteiger partial charge < -0.3 is 0 Å². The third kappa shape index (κ3) is 3.95. The number of nitrogens with zero attached hydrogens (tertiary/aromatic N) is 2. The van der Waals surface area contributed by atoms with E-state index in [9.17, 15) is 0 Å². The smallest absolute Gasteiger partial charge is 0.0610 e. The number of rotatable bonds is 2. The number of hydrogen-bond acceptors (Lipinski definition) is 2. The van der Waals surface area contributed by atoms with Crippen LogP contribution in [0, 0.1) is 11.8 Å². The molecule has 0 aromatic carbocycles. The second-order valence-electron chi connectivity index (χ2n) is 6.05. The summed E-state index contributed by atoms with van der Waals surface area (Å²) in [6.07, 6.45) is 15.1. The Kier molecular flexibility index (Phi) is 5.08. The fourth-order valence-corrected chi connectivity index (χ4v) is 3.34. The van der Waals surface area contributed by atoms with Gasteiger partial charge in [0.2, 0.25) is 0 Å². The van der Waals surface area contributed by atoms with Crippen LogP contribution in [0.25, 0.3) is 0 Å². The molecule has 0 saturated carbocycles. The molecule has 1 fully saturated rings. The number of aromatic nitrogens is 1. The first-order valence-electron chi connectivity index (χ1n) is 8.25. The molecule has 21 heavy (non-hydrogen) atoms. The molecule has 2 nitrogen and oxygen atoms in total. The first-order chi connectivity index (χ1) is 10.4. The van der Waals surface area contributed by atoms with E-state index < -0.39 is 0 Å². The van der Waals surface area contributed by atoms with Gasteiger partial charge in [-0.15, -0.1) is 0 Å². The predicted molar refractivity (Wildman–Crippen MR) is 86.7 cm³/mol. The Morgan fingerprint density at radius 3 is 3.05 bits per heavy atom. The summed E-state index contributed by atoms with van der Waals surface area (Å²) in [6.45, 7) is 2.05. The zero-order valence-electron chi connectivity index (χ0n) is 12.7. The second kappa shape index (κ2) is 7.43. The van der Waals surface area contributed by atoms with Crippen molar-refractivity contribution in [3.8, 4) is 11.8 Å². The average molecular weight is 280 g/mol. The van der Waals surface area contributed by atoms with Gasteiger partial charge >= 0.3 is 0 Å². The van der Waals surface area contributed by atoms with E-state index >= 15 is 0 Å². The quantitative estimate of drug-likeness (QED) is 0.758. The van der Waals surface area contributed by atoms with Crippen LogP contribution in [0.1, 0.15) is 56.6 Å². The minimum absolute atomic E-state index is 0.502. The van der Waals surface area contributed by atoms with E-state index in [1.807, 2.05) is 18.5 Å². The standard InChI is InChI=1S/C19H24N2/c1-2-8-17(9-3-1)10-7-15-21-14-5-4-12-19(21)18-11-6-13-20-16-18/h6,8,11,13,16,19H,1-5,9,12,14-15H2/t19-/m0/s1. The molecule has 1 aromatic rings. The Labute approximate surface area is 128 Å². The molecule has 2 heteroatoms. The molecule has 1 saturated heterocycles. The van der Waals surface area contributed by atoms with Gasteiger partial charge in [0.25, 0.3) is 0 Å². The molecule has 0 spiro atoms. The topological polar surface area (TPSA) is 16.1 Å². The predicted octanol–water partition coefficient (Wildman–Crippen LogP) is 4.11. The first kappa shape index (κ1) is 14.4. The molecule has 0 bridgehead atoms. The van der Waals surface area contributed by atoms with E-state index in [1.165, 1.54) is 56.1 Å². The zero-order valence-corrected chi connectivity index (χ0v) is 12.7. The lowest BCUT2D eigenvalue weighted by Crippen LogP contribution is -2.33. The van der Waals surface area contributed by atoms with Crippen molar-refractivity contribution in [1.29, 1.82) is 0 Å². The van der Waals surface area contributed by atoms with Crippen molar-refractivity contribution in [2.24, 2.45) is 0 Å². The highest BCUT2D eigenvalue weighted by molar-refractivity contribution is 5.30. The highest BCUT2D eigenvalue weighted by Crippen LogP contribution is 2.29. The minimum atomic E-state index is 0.502. The molecule has 110 valence electrons. The van der Waals surface area contributed by atoms with Crippen LogP contribution < -0.4 is 0 Å². The van der Waals surface area contributed by atoms with Crippen molar-refractivity contribution >= 4 is 0 Å². The van der Waals surface area contributed by atoms with Gasteiger partial charge in [-0.2, -0.15) is 0 Å². The summed E-state index contributed by atoms with van der Waals surface area (Å²) in [5.41, 5.74) is 2.70. The molecule has 2 aliphatic rings. The van der Waals surface area contributed by atoms with E-state index in [1.54, 1.807) is 0 Å². The Hall–Kier alpha value is -1.59. The molecule has 0 radical (unpaired) electrons. The summed E-state index contributed by atoms with van der Waals surface area (Å²) in [4.78, 5) is 6.80. The minimum Gasteiger partial charge on any atom is -0.285 e. The molecule has 2 heterocycles. The first-order valence-corrected chi connectivity index (χ1v) is 8.25. The van der Waals surface area contributed by atoms with Crippen molar-refractivity contribution < 1.29 is 0 Å². The summed E-state index contributed by atoms with van der Waals surface area (Å²) in [6, 6.07) is 4.75. The van der Waals surface area contributed by atoms with E-state index in [4.69, 9.17) is 0 Å². The molecule has 0 amide bonds. The molecule has 1 aliphatic carbocycles. The van der Waals surface area contributed by atoms with Gasteiger partial charge in [0.15, 0.2) is 0 Å². The Balaban J connectivity index is 1.65. The van der Waals surface area contributed by atoms with E-state index in [2.05, 4.69) is 33.9 Å². The van der Waals surface area contributed by atoms with E-state index in [0.717, 1.165) is 13.1 Å². The van der Waals surface area contributed by atoms with Crippen LogP contribution in [-0.2, 0) is 0 Å². The Morgan fingerprint density at radius 2 is 2.24 bits per heavy atom. The van der Waals surface area contributed by atoms with Gasteiger partial charge in [-0.1, -0.05) is 30.4 Å². The summed E-state index contributed by atoms with van der Waals surface area (Å²) >= 11 is 0. The summed E-state index contributed by atoms with van der Waals surface area (Å²) in [5.74, 6) is 6.81. The van der Waals surface area contributed by atoms with Gasteiger partial charge in [0.05, 0.1) is 6.54 Å². The van der Waals surface area contributed by atoms with Crippen molar-refractivity contribution in [1.82, 2.24) is 9.88 Å². The van der Waals surface area contributed by atoms with Crippen LogP contribution in [-0.4, -0.2) is 23.0 Å². The number of pyridine rings is 1. The molecule has 1 aliphatic heterocycles. The maximum atomic E-state index is 4.28. The zero-order chi connectivity index (χ0) is 14.3. The Bertz CT molecular complexity index is 536. The summed E-state index contributed by atoms with van der Waals surface area (Å²) in [7, 11) is 0. The van der Waals surface area contributed by atoms with Gasteiger partial charge in [0.1, 0.15) is 0 Å². The lowest BCUT2D eigenvalue weighted by atomic mass is 9.96. The van der Waals surface area contributed by atoms with Crippen LogP contribution in [0.4, 0.5) is 0 Å². The maximum absolute atomic E-state index is 4.28. The molecule has 0 unspecified atom stereocenters. The van der Waals surface area contributed by atoms with Crippen LogP contribution in [0.15, 0.2) is 36.2 Å². The fourth-order valence-electron chi connectivity index (χ4n) is 3.34. The monoisotopic (exact) mass is 280 g/mol. The number of allylic oxidation sites excluding steroid dienone is 2. The van der Waals surface area contributed by atoms with Crippen molar-refractivity contribution in [3.63, 3.8) is 0 Å². The van der Waals surface area contributed by atoms with Crippen molar-refractivity contribution in [3.05, 3.63) is 41.7 Å². The van der Waals surface area contributed by atoms with Crippen LogP contribution in [0.5, 0.6) is 0 Å². The van der Waals surface area contributed by atoms with E-state index in [0.29, 0.717) is 6.04 Å². The average Bonchev–Trinajstić information content (AvgIpc) is 2.57. The number of hydrogen-bond donors (Lipinski definition) is 0. The van der Waals surface area contributed by atoms with Crippen LogP contribution >= 0.6 is 0 Å². The van der Waals surface area contributed by atoms with Gasteiger partial charge in [-0.3, -0.25) is 9.88 Å². The van der Waals surface area contributed by atoms with Gasteiger partial charge in [0, 0.05) is 18.4 Å². The number of likely N-dealkylation sites (tertiary alicyclic amines) is 1. The third-order valence-corrected chi connectivity index (χ3v) is 4.50. The van der Waals surface area contributed by atoms with Gasteiger partial charge in [-0.05, 0) is 62.3 Å². The van der Waals surface area contributed by atoms with E-state index in [-0.39, 0.29) is 0 Å². The summed E-state index contributed by atoms with van der Waals surface area (Å²) in [5, 5.41) is 0. The fraction of sp³-hybridized carbons (Fsp3) is 0.526. The summed E-state index contributed by atoms with van der Waals surface area (Å²) < 4.78 is 0.